The molecule has 10 nitrogen and oxygen atoms in total. The molecule has 0 aliphatic heterocycles. The Bertz CT molecular complexity index is 2120. The van der Waals surface area contributed by atoms with Crippen LogP contribution in [0.4, 0.5) is 24.5 Å². The Labute approximate surface area is 378 Å². The number of ether oxygens (including phenoxy) is 2. The van der Waals surface area contributed by atoms with Crippen LogP contribution in [-0.4, -0.2) is 34.0 Å². The lowest BCUT2D eigenvalue weighted by Crippen LogP contribution is -2.18. The van der Waals surface area contributed by atoms with Crippen molar-refractivity contribution in [3.63, 3.8) is 0 Å². The summed E-state index contributed by atoms with van der Waals surface area (Å²) in [7, 11) is 0. The molecule has 0 fully saturated rings. The second kappa shape index (κ2) is 22.8. The Morgan fingerprint density at radius 2 is 0.983 bits per heavy atom. The van der Waals surface area contributed by atoms with Crippen LogP contribution in [0.5, 0.6) is 11.5 Å². The van der Waals surface area contributed by atoms with Gasteiger partial charge in [0, 0.05) is 41.1 Å². The predicted molar refractivity (Wildman–Crippen MR) is 234 cm³/mol. The first-order valence-electron chi connectivity index (χ1n) is 17.8. The fourth-order valence-corrected chi connectivity index (χ4v) is 8.27. The maximum Gasteiger partial charge on any atom is 0.416 e. The standard InChI is InChI=1S/C21H20Br2F3NO4.C20H20Br2ClNO4/c1-11(2)20(30)27-15-6-13(5-14(9-15)21(24,25)26)10-31-19-16(22)7-12(8-17(19)23)3-4-18(28)29;1-11(2)20(27)24-15-6-13(5-14(23)9-15)10-28-19-16(21)7-12(8-17(19)22)3-4-18(25)26/h5-9,11H,3-4,10H2,1-2H3,(H,27,30)(H,28,29);5-9,11H,3-4,10H2,1-2H3,(H,24,27)(H,25,26). The van der Waals surface area contributed by atoms with Crippen LogP contribution in [0.15, 0.2) is 78.6 Å². The second-order valence-electron chi connectivity index (χ2n) is 13.7. The molecule has 4 rings (SSSR count). The van der Waals surface area contributed by atoms with Gasteiger partial charge < -0.3 is 30.3 Å². The van der Waals surface area contributed by atoms with Gasteiger partial charge in [-0.15, -0.1) is 0 Å². The summed E-state index contributed by atoms with van der Waals surface area (Å²) in [6, 6.07) is 15.6. The summed E-state index contributed by atoms with van der Waals surface area (Å²) in [4.78, 5) is 45.3. The number of aryl methyl sites for hydroxylation is 2. The molecule has 0 atom stereocenters. The number of hydrogen-bond donors (Lipinski definition) is 4. The van der Waals surface area contributed by atoms with E-state index >= 15 is 0 Å². The molecular weight excluding hydrogens is 1060 g/mol. The molecule has 0 aliphatic carbocycles. The number of halogens is 8. The first-order valence-corrected chi connectivity index (χ1v) is 21.3. The van der Waals surface area contributed by atoms with E-state index in [1.165, 1.54) is 6.07 Å². The van der Waals surface area contributed by atoms with Crippen LogP contribution in [0.2, 0.25) is 5.02 Å². The minimum Gasteiger partial charge on any atom is -0.487 e. The van der Waals surface area contributed by atoms with Gasteiger partial charge in [-0.05, 0) is 159 Å². The number of alkyl halides is 3. The maximum atomic E-state index is 13.3. The molecule has 318 valence electrons. The zero-order valence-electron chi connectivity index (χ0n) is 32.0. The molecule has 0 heterocycles. The molecule has 0 saturated heterocycles. The van der Waals surface area contributed by atoms with Crippen molar-refractivity contribution in [2.24, 2.45) is 11.8 Å². The van der Waals surface area contributed by atoms with Gasteiger partial charge in [-0.25, -0.2) is 0 Å². The number of rotatable bonds is 16. The highest BCUT2D eigenvalue weighted by Crippen LogP contribution is 2.38. The summed E-state index contributed by atoms with van der Waals surface area (Å²) in [6.07, 6.45) is -3.81. The molecule has 0 spiro atoms. The molecule has 2 amide bonds. The summed E-state index contributed by atoms with van der Waals surface area (Å²) in [5.41, 5.74) is 2.43. The molecule has 0 aliphatic rings. The zero-order valence-corrected chi connectivity index (χ0v) is 39.1. The van der Waals surface area contributed by atoms with E-state index in [1.807, 2.05) is 32.0 Å². The highest BCUT2D eigenvalue weighted by atomic mass is 79.9. The number of carboxylic acid groups (broad SMARTS) is 2. The van der Waals surface area contributed by atoms with E-state index < -0.39 is 29.6 Å². The summed E-state index contributed by atoms with van der Waals surface area (Å²) in [5.74, 6) is -1.79. The normalized spacial score (nSPS) is 11.2. The number of carbonyl (C=O) groups is 4. The first-order chi connectivity index (χ1) is 27.5. The SMILES string of the molecule is CC(C)C(=O)Nc1cc(COc2c(Br)cc(CCC(=O)O)cc2Br)cc(C(F)(F)F)c1.CC(C)C(=O)Nc1cc(Cl)cc(COc2c(Br)cc(CCC(=O)O)cc2Br)c1. The lowest BCUT2D eigenvalue weighted by atomic mass is 10.1. The number of hydrogen-bond acceptors (Lipinski definition) is 6. The van der Waals surface area contributed by atoms with Gasteiger partial charge >= 0.3 is 18.1 Å². The number of nitrogens with one attached hydrogen (secondary N) is 2. The number of benzene rings is 4. The Kier molecular flexibility index (Phi) is 19.2. The average Bonchev–Trinajstić information content (AvgIpc) is 3.12. The van der Waals surface area contributed by atoms with Crippen molar-refractivity contribution in [1.29, 1.82) is 0 Å². The van der Waals surface area contributed by atoms with Gasteiger partial charge in [-0.3, -0.25) is 19.2 Å². The first kappa shape index (κ1) is 49.7. The minimum atomic E-state index is -4.58. The topological polar surface area (TPSA) is 151 Å². The molecule has 4 aromatic carbocycles. The van der Waals surface area contributed by atoms with Crippen molar-refractivity contribution < 1.29 is 52.0 Å². The van der Waals surface area contributed by atoms with Crippen LogP contribution in [0, 0.1) is 11.8 Å². The molecule has 4 N–H and O–H groups in total. The molecule has 0 aromatic heterocycles. The van der Waals surface area contributed by atoms with Gasteiger partial charge in [0.05, 0.1) is 23.5 Å². The molecule has 4 aromatic rings. The van der Waals surface area contributed by atoms with E-state index in [2.05, 4.69) is 74.4 Å². The third kappa shape index (κ3) is 16.7. The van der Waals surface area contributed by atoms with E-state index in [9.17, 15) is 32.3 Å². The van der Waals surface area contributed by atoms with Crippen molar-refractivity contribution >= 4 is 110 Å². The number of carbonyl (C=O) groups excluding carboxylic acids is 2. The Hall–Kier alpha value is -3.64. The third-order valence-electron chi connectivity index (χ3n) is 8.00. The van der Waals surface area contributed by atoms with E-state index in [1.54, 1.807) is 38.1 Å². The van der Waals surface area contributed by atoms with Gasteiger partial charge in [0.1, 0.15) is 24.7 Å². The fraction of sp³-hybridized carbons (Fsp3) is 0.317. The van der Waals surface area contributed by atoms with E-state index in [0.717, 1.165) is 37.8 Å². The third-order valence-corrected chi connectivity index (χ3v) is 10.6. The average molecular weight is 1100 g/mol. The van der Waals surface area contributed by atoms with Crippen molar-refractivity contribution in [3.8, 4) is 11.5 Å². The van der Waals surface area contributed by atoms with Crippen LogP contribution < -0.4 is 20.1 Å². The number of aliphatic carboxylic acids is 2. The van der Waals surface area contributed by atoms with Gasteiger partial charge in [0.2, 0.25) is 11.8 Å². The van der Waals surface area contributed by atoms with Gasteiger partial charge in [-0.1, -0.05) is 39.3 Å². The zero-order chi connectivity index (χ0) is 44.2. The fourth-order valence-electron chi connectivity index (χ4n) is 4.99. The van der Waals surface area contributed by atoms with Gasteiger partial charge in [0.15, 0.2) is 0 Å². The van der Waals surface area contributed by atoms with Gasteiger partial charge in [0.25, 0.3) is 0 Å². The van der Waals surface area contributed by atoms with Crippen molar-refractivity contribution in [3.05, 3.63) is 111 Å². The Morgan fingerprint density at radius 1 is 0.610 bits per heavy atom. The molecular formula is C41H40Br4ClF3N2O8. The van der Waals surface area contributed by atoms with E-state index in [0.29, 0.717) is 44.0 Å². The predicted octanol–water partition coefficient (Wildman–Crippen LogP) is 12.5. The highest BCUT2D eigenvalue weighted by molar-refractivity contribution is 9.11. The number of amides is 2. The largest absolute Gasteiger partial charge is 0.487 e. The van der Waals surface area contributed by atoms with Crippen LogP contribution in [0.25, 0.3) is 0 Å². The van der Waals surface area contributed by atoms with Crippen LogP contribution >= 0.6 is 75.3 Å². The quantitative estimate of drug-likeness (QED) is 0.0866. The van der Waals surface area contributed by atoms with Crippen molar-refractivity contribution in [2.45, 2.75) is 72.8 Å². The molecule has 59 heavy (non-hydrogen) atoms. The Balaban J connectivity index is 0.000000317. The number of anilines is 2. The van der Waals surface area contributed by atoms with Crippen LogP contribution in [0.3, 0.4) is 0 Å². The van der Waals surface area contributed by atoms with Crippen LogP contribution in [-0.2, 0) is 51.4 Å². The lowest BCUT2D eigenvalue weighted by Gasteiger charge is -2.16. The number of carboxylic acids is 2. The van der Waals surface area contributed by atoms with E-state index in [-0.39, 0.29) is 55.0 Å². The maximum absolute atomic E-state index is 13.3. The highest BCUT2D eigenvalue weighted by Gasteiger charge is 2.31. The van der Waals surface area contributed by atoms with Gasteiger partial charge in [-0.2, -0.15) is 13.2 Å². The summed E-state index contributed by atoms with van der Waals surface area (Å²) < 4.78 is 54.0. The minimum absolute atomic E-state index is 0.0335. The van der Waals surface area contributed by atoms with E-state index in [4.69, 9.17) is 31.3 Å². The monoisotopic (exact) mass is 1100 g/mol. The van der Waals surface area contributed by atoms with Crippen molar-refractivity contribution in [1.82, 2.24) is 0 Å². The Morgan fingerprint density at radius 3 is 1.34 bits per heavy atom. The second-order valence-corrected chi connectivity index (χ2v) is 17.5. The van der Waals surface area contributed by atoms with Crippen molar-refractivity contribution in [2.75, 3.05) is 10.6 Å². The molecule has 0 bridgehead atoms. The molecule has 0 unspecified atom stereocenters. The summed E-state index contributed by atoms with van der Waals surface area (Å²) in [6.45, 7) is 6.99. The molecule has 18 heteroatoms. The van der Waals surface area contributed by atoms with Crippen LogP contribution in [0.1, 0.15) is 68.4 Å². The summed E-state index contributed by atoms with van der Waals surface area (Å²) in [5, 5.41) is 23.4. The molecule has 0 radical (unpaired) electrons. The smallest absolute Gasteiger partial charge is 0.416 e. The lowest BCUT2D eigenvalue weighted by molar-refractivity contribution is -0.138. The molecule has 0 saturated carbocycles. The summed E-state index contributed by atoms with van der Waals surface area (Å²) >= 11 is 19.8.